The lowest BCUT2D eigenvalue weighted by Crippen LogP contribution is -2.36. The van der Waals surface area contributed by atoms with Crippen molar-refractivity contribution >= 4 is 17.0 Å². The Labute approximate surface area is 177 Å². The predicted octanol–water partition coefficient (Wildman–Crippen LogP) is 5.75. The fourth-order valence-electron chi connectivity index (χ4n) is 5.01. The summed E-state index contributed by atoms with van der Waals surface area (Å²) in [5.41, 5.74) is 3.66. The SMILES string of the molecule is COc1ccccc1-c1ccc2oc([C@H]3CCCN3C(=O)C3CCCCC3)nc2c1. The van der Waals surface area contributed by atoms with E-state index in [1.54, 1.807) is 7.11 Å². The maximum atomic E-state index is 13.2. The maximum Gasteiger partial charge on any atom is 0.226 e. The molecule has 0 N–H and O–H groups in total. The molecule has 1 atom stereocenters. The fourth-order valence-corrected chi connectivity index (χ4v) is 5.01. The van der Waals surface area contributed by atoms with Crippen molar-refractivity contribution in [3.63, 3.8) is 0 Å². The summed E-state index contributed by atoms with van der Waals surface area (Å²) in [6.45, 7) is 0.811. The van der Waals surface area contributed by atoms with Crippen LogP contribution >= 0.6 is 0 Å². The number of fused-ring (bicyclic) bond motifs is 1. The highest BCUT2D eigenvalue weighted by atomic mass is 16.5. The van der Waals surface area contributed by atoms with Gasteiger partial charge in [0.25, 0.3) is 0 Å². The van der Waals surface area contributed by atoms with Crippen LogP contribution in [0.1, 0.15) is 56.9 Å². The van der Waals surface area contributed by atoms with Crippen LogP contribution in [-0.2, 0) is 4.79 Å². The van der Waals surface area contributed by atoms with Crippen molar-refractivity contribution in [1.29, 1.82) is 0 Å². The normalized spacial score (nSPS) is 20.0. The molecule has 5 heteroatoms. The number of nitrogens with zero attached hydrogens (tertiary/aromatic N) is 2. The standard InChI is InChI=1S/C25H28N2O3/c1-29-22-12-6-5-10-19(22)18-13-14-23-20(16-18)26-24(30-23)21-11-7-15-27(21)25(28)17-8-3-2-4-9-17/h5-6,10,12-14,16-17,21H,2-4,7-9,11,15H2,1H3/t21-/m1/s1. The van der Waals surface area contributed by atoms with Crippen LogP contribution < -0.4 is 4.74 Å². The van der Waals surface area contributed by atoms with Gasteiger partial charge in [-0.3, -0.25) is 4.79 Å². The van der Waals surface area contributed by atoms with Gasteiger partial charge in [-0.05, 0) is 49.4 Å². The number of carbonyl (C=O) groups excluding carboxylic acids is 1. The molecule has 1 saturated carbocycles. The molecule has 0 radical (unpaired) electrons. The lowest BCUT2D eigenvalue weighted by atomic mass is 9.88. The van der Waals surface area contributed by atoms with Crippen molar-refractivity contribution < 1.29 is 13.9 Å². The molecule has 1 aliphatic carbocycles. The largest absolute Gasteiger partial charge is 0.496 e. The van der Waals surface area contributed by atoms with Crippen LogP contribution in [0.25, 0.3) is 22.2 Å². The highest BCUT2D eigenvalue weighted by Gasteiger charge is 2.36. The van der Waals surface area contributed by atoms with Gasteiger partial charge in [0.2, 0.25) is 11.8 Å². The molecule has 2 aliphatic rings. The number of methoxy groups -OCH3 is 1. The molecule has 0 spiro atoms. The highest BCUT2D eigenvalue weighted by Crippen LogP contribution is 2.38. The number of amides is 1. The van der Waals surface area contributed by atoms with E-state index < -0.39 is 0 Å². The summed E-state index contributed by atoms with van der Waals surface area (Å²) < 4.78 is 11.6. The summed E-state index contributed by atoms with van der Waals surface area (Å²) in [6.07, 6.45) is 7.58. The van der Waals surface area contributed by atoms with E-state index in [-0.39, 0.29) is 12.0 Å². The molecule has 3 aromatic rings. The van der Waals surface area contributed by atoms with Gasteiger partial charge in [-0.2, -0.15) is 0 Å². The first-order valence-corrected chi connectivity index (χ1v) is 11.1. The predicted molar refractivity (Wildman–Crippen MR) is 116 cm³/mol. The third-order valence-corrected chi connectivity index (χ3v) is 6.60. The minimum Gasteiger partial charge on any atom is -0.496 e. The van der Waals surface area contributed by atoms with Crippen LogP contribution in [0.3, 0.4) is 0 Å². The molecule has 1 amide bonds. The number of benzene rings is 2. The van der Waals surface area contributed by atoms with Crippen molar-refractivity contribution in [3.05, 3.63) is 48.4 Å². The smallest absolute Gasteiger partial charge is 0.226 e. The van der Waals surface area contributed by atoms with E-state index >= 15 is 0 Å². The van der Waals surface area contributed by atoms with Gasteiger partial charge in [-0.1, -0.05) is 43.5 Å². The topological polar surface area (TPSA) is 55.6 Å². The van der Waals surface area contributed by atoms with Crippen molar-refractivity contribution in [1.82, 2.24) is 9.88 Å². The van der Waals surface area contributed by atoms with E-state index in [1.807, 2.05) is 47.4 Å². The number of ether oxygens (including phenoxy) is 1. The van der Waals surface area contributed by atoms with Crippen LogP contribution in [0, 0.1) is 5.92 Å². The molecular formula is C25H28N2O3. The summed E-state index contributed by atoms with van der Waals surface area (Å²) in [7, 11) is 1.68. The summed E-state index contributed by atoms with van der Waals surface area (Å²) in [5, 5.41) is 0. The van der Waals surface area contributed by atoms with Gasteiger partial charge in [0, 0.05) is 18.0 Å². The van der Waals surface area contributed by atoms with Crippen LogP contribution in [-0.4, -0.2) is 29.4 Å². The molecule has 5 nitrogen and oxygen atoms in total. The Bertz CT molecular complexity index is 1050. The first-order chi connectivity index (χ1) is 14.7. The molecule has 0 bridgehead atoms. The number of oxazole rings is 1. The Kier molecular flexibility index (Phi) is 5.19. The van der Waals surface area contributed by atoms with E-state index in [0.29, 0.717) is 11.8 Å². The number of para-hydroxylation sites is 1. The molecule has 5 rings (SSSR count). The molecule has 2 aromatic carbocycles. The zero-order valence-electron chi connectivity index (χ0n) is 17.5. The molecular weight excluding hydrogens is 376 g/mol. The van der Waals surface area contributed by atoms with Gasteiger partial charge in [-0.25, -0.2) is 4.98 Å². The second-order valence-corrected chi connectivity index (χ2v) is 8.46. The molecule has 30 heavy (non-hydrogen) atoms. The zero-order chi connectivity index (χ0) is 20.5. The molecule has 1 aliphatic heterocycles. The number of hydrogen-bond donors (Lipinski definition) is 0. The molecule has 0 unspecified atom stereocenters. The molecule has 156 valence electrons. The minimum absolute atomic E-state index is 0.0402. The number of hydrogen-bond acceptors (Lipinski definition) is 4. The van der Waals surface area contributed by atoms with Gasteiger partial charge >= 0.3 is 0 Å². The Morgan fingerprint density at radius 3 is 2.73 bits per heavy atom. The van der Waals surface area contributed by atoms with E-state index in [1.165, 1.54) is 19.3 Å². The maximum absolute atomic E-state index is 13.2. The number of likely N-dealkylation sites (tertiary alicyclic amines) is 1. The Morgan fingerprint density at radius 2 is 1.90 bits per heavy atom. The van der Waals surface area contributed by atoms with E-state index in [0.717, 1.165) is 60.2 Å². The first kappa shape index (κ1) is 19.2. The lowest BCUT2D eigenvalue weighted by Gasteiger charge is -2.29. The van der Waals surface area contributed by atoms with E-state index in [2.05, 4.69) is 0 Å². The fraction of sp³-hybridized carbons (Fsp3) is 0.440. The van der Waals surface area contributed by atoms with Gasteiger partial charge in [0.05, 0.1) is 7.11 Å². The Morgan fingerprint density at radius 1 is 1.07 bits per heavy atom. The highest BCUT2D eigenvalue weighted by molar-refractivity contribution is 5.83. The third kappa shape index (κ3) is 3.47. The summed E-state index contributed by atoms with van der Waals surface area (Å²) >= 11 is 0. The van der Waals surface area contributed by atoms with E-state index in [9.17, 15) is 4.79 Å². The van der Waals surface area contributed by atoms with Gasteiger partial charge in [0.15, 0.2) is 5.58 Å². The van der Waals surface area contributed by atoms with E-state index in [4.69, 9.17) is 14.1 Å². The van der Waals surface area contributed by atoms with Crippen molar-refractivity contribution in [2.24, 2.45) is 5.92 Å². The molecule has 2 fully saturated rings. The number of aromatic nitrogens is 1. The number of rotatable bonds is 4. The Balaban J connectivity index is 1.44. The van der Waals surface area contributed by atoms with Crippen molar-refractivity contribution in [2.45, 2.75) is 51.0 Å². The van der Waals surface area contributed by atoms with Crippen LogP contribution in [0.4, 0.5) is 0 Å². The van der Waals surface area contributed by atoms with Crippen LogP contribution in [0.15, 0.2) is 46.9 Å². The van der Waals surface area contributed by atoms with Gasteiger partial charge in [-0.15, -0.1) is 0 Å². The second-order valence-electron chi connectivity index (χ2n) is 8.46. The van der Waals surface area contributed by atoms with Crippen LogP contribution in [0.5, 0.6) is 5.75 Å². The van der Waals surface area contributed by atoms with Gasteiger partial charge in [0.1, 0.15) is 17.3 Å². The van der Waals surface area contributed by atoms with Gasteiger partial charge < -0.3 is 14.1 Å². The average molecular weight is 405 g/mol. The van der Waals surface area contributed by atoms with Crippen molar-refractivity contribution in [2.75, 3.05) is 13.7 Å². The summed E-state index contributed by atoms with van der Waals surface area (Å²) in [5.74, 6) is 1.99. The summed E-state index contributed by atoms with van der Waals surface area (Å²) in [6, 6.07) is 14.0. The third-order valence-electron chi connectivity index (χ3n) is 6.60. The van der Waals surface area contributed by atoms with Crippen molar-refractivity contribution in [3.8, 4) is 16.9 Å². The van der Waals surface area contributed by atoms with Crippen LogP contribution in [0.2, 0.25) is 0 Å². The average Bonchev–Trinajstić information content (AvgIpc) is 3.45. The summed E-state index contributed by atoms with van der Waals surface area (Å²) in [4.78, 5) is 20.0. The first-order valence-electron chi connectivity index (χ1n) is 11.1. The molecule has 1 saturated heterocycles. The Hall–Kier alpha value is -2.82. The molecule has 1 aromatic heterocycles. The lowest BCUT2D eigenvalue weighted by molar-refractivity contribution is -0.137. The number of carbonyl (C=O) groups is 1. The second kappa shape index (κ2) is 8.13. The minimum atomic E-state index is -0.0402. The quantitative estimate of drug-likeness (QED) is 0.556. The monoisotopic (exact) mass is 404 g/mol. The zero-order valence-corrected chi connectivity index (χ0v) is 17.5. The molecule has 2 heterocycles.